The van der Waals surface area contributed by atoms with Gasteiger partial charge in [-0.2, -0.15) is 0 Å². The molecule has 0 spiro atoms. The first-order chi connectivity index (χ1) is 16.6. The van der Waals surface area contributed by atoms with E-state index in [2.05, 4.69) is 58.7 Å². The number of fused-ring (bicyclic) bond motifs is 1. The predicted molar refractivity (Wildman–Crippen MR) is 136 cm³/mol. The van der Waals surface area contributed by atoms with Crippen LogP contribution in [0.1, 0.15) is 58.3 Å². The highest BCUT2D eigenvalue weighted by Crippen LogP contribution is 2.40. The van der Waals surface area contributed by atoms with E-state index in [1.54, 1.807) is 0 Å². The minimum absolute atomic E-state index is 0.214. The number of alkyl halides is 2. The van der Waals surface area contributed by atoms with Gasteiger partial charge in [0.1, 0.15) is 6.17 Å². The highest BCUT2D eigenvalue weighted by molar-refractivity contribution is 6.21. The monoisotopic (exact) mass is 492 g/mol. The van der Waals surface area contributed by atoms with Crippen LogP contribution in [0.3, 0.4) is 0 Å². The van der Waals surface area contributed by atoms with E-state index in [0.29, 0.717) is 36.6 Å². The predicted octanol–water partition coefficient (Wildman–Crippen LogP) is 4.12. The lowest BCUT2D eigenvalue weighted by Crippen LogP contribution is -2.71. The van der Waals surface area contributed by atoms with E-state index >= 15 is 0 Å². The van der Waals surface area contributed by atoms with Crippen molar-refractivity contribution in [1.82, 2.24) is 21.3 Å². The molecule has 0 amide bonds. The molecule has 0 radical (unpaired) electrons. The Balaban J connectivity index is 1.30. The zero-order valence-corrected chi connectivity index (χ0v) is 21.2. The van der Waals surface area contributed by atoms with Gasteiger partial charge < -0.3 is 10.1 Å². The molecule has 4 N–H and O–H groups in total. The van der Waals surface area contributed by atoms with Gasteiger partial charge in [0.25, 0.3) is 0 Å². The first kappa shape index (κ1) is 24.8. The van der Waals surface area contributed by atoms with Crippen molar-refractivity contribution in [1.29, 1.82) is 0 Å². The van der Waals surface area contributed by atoms with Gasteiger partial charge in [-0.25, -0.2) is 4.39 Å². The summed E-state index contributed by atoms with van der Waals surface area (Å²) in [5.74, 6) is 1.57. The van der Waals surface area contributed by atoms with Gasteiger partial charge in [0.15, 0.2) is 0 Å². The molecule has 10 atom stereocenters. The number of halogens is 2. The molecule has 2 saturated carbocycles. The second-order valence-corrected chi connectivity index (χ2v) is 11.4. The Morgan fingerprint density at radius 2 is 2.03 bits per heavy atom. The van der Waals surface area contributed by atoms with Crippen LogP contribution in [0, 0.1) is 17.8 Å². The van der Waals surface area contributed by atoms with Crippen LogP contribution >= 0.6 is 11.6 Å². The standard InChI is InChI=1S/C27H42ClFN4O/c1-2-34-21-7-3-5-17(13-21)18-8-11-25-22(14-18)27(31-20-9-10-24(29)23(28)15-20)33-26(32-25)19-6-4-12-30-16-19/h3-5,12-13,18-27,30-33H,2,6-11,14-16H2,1H3. The maximum atomic E-state index is 14.0. The molecular weight excluding hydrogens is 451 g/mol. The smallest absolute Gasteiger partial charge is 0.117 e. The number of hydrogen-bond donors (Lipinski definition) is 4. The Morgan fingerprint density at radius 3 is 2.82 bits per heavy atom. The number of rotatable bonds is 6. The summed E-state index contributed by atoms with van der Waals surface area (Å²) in [7, 11) is 0. The molecule has 3 aliphatic carbocycles. The Kier molecular flexibility index (Phi) is 8.32. The highest BCUT2D eigenvalue weighted by atomic mass is 35.5. The van der Waals surface area contributed by atoms with E-state index < -0.39 is 6.17 Å². The average Bonchev–Trinajstić information content (AvgIpc) is 2.87. The van der Waals surface area contributed by atoms with Gasteiger partial charge in [-0.05, 0) is 76.0 Å². The molecule has 7 heteroatoms. The van der Waals surface area contributed by atoms with Gasteiger partial charge in [-0.15, -0.1) is 11.6 Å². The van der Waals surface area contributed by atoms with E-state index in [4.69, 9.17) is 16.3 Å². The molecule has 0 aromatic carbocycles. The van der Waals surface area contributed by atoms with Gasteiger partial charge in [-0.1, -0.05) is 24.3 Å². The molecule has 2 heterocycles. The second kappa shape index (κ2) is 11.4. The van der Waals surface area contributed by atoms with Gasteiger partial charge in [-0.3, -0.25) is 16.0 Å². The molecule has 34 heavy (non-hydrogen) atoms. The second-order valence-electron chi connectivity index (χ2n) is 10.9. The van der Waals surface area contributed by atoms with Crippen molar-refractivity contribution in [3.8, 4) is 0 Å². The summed E-state index contributed by atoms with van der Waals surface area (Å²) >= 11 is 6.34. The summed E-state index contributed by atoms with van der Waals surface area (Å²) in [4.78, 5) is 0. The van der Waals surface area contributed by atoms with E-state index in [9.17, 15) is 4.39 Å². The third-order valence-electron chi connectivity index (χ3n) is 8.62. The molecule has 0 aromatic rings. The lowest BCUT2D eigenvalue weighted by Gasteiger charge is -2.51. The van der Waals surface area contributed by atoms with Gasteiger partial charge in [0.05, 0.1) is 23.8 Å². The van der Waals surface area contributed by atoms with Crippen molar-refractivity contribution in [2.45, 2.75) is 100 Å². The summed E-state index contributed by atoms with van der Waals surface area (Å²) in [6, 6.07) is 0.762. The minimum atomic E-state index is -0.872. The van der Waals surface area contributed by atoms with Gasteiger partial charge in [0, 0.05) is 37.1 Å². The summed E-state index contributed by atoms with van der Waals surface area (Å²) in [5.41, 5.74) is 1.45. The summed E-state index contributed by atoms with van der Waals surface area (Å²) in [6.45, 7) is 3.82. The Hall–Kier alpha value is -0.920. The van der Waals surface area contributed by atoms with E-state index in [0.717, 1.165) is 38.8 Å². The fourth-order valence-corrected chi connectivity index (χ4v) is 7.11. The highest BCUT2D eigenvalue weighted by Gasteiger charge is 2.44. The van der Waals surface area contributed by atoms with Crippen molar-refractivity contribution in [3.63, 3.8) is 0 Å². The van der Waals surface area contributed by atoms with Crippen LogP contribution in [-0.4, -0.2) is 55.2 Å². The molecule has 0 bridgehead atoms. The van der Waals surface area contributed by atoms with Crippen LogP contribution < -0.4 is 21.3 Å². The maximum absolute atomic E-state index is 14.0. The molecule has 10 unspecified atom stereocenters. The minimum Gasteiger partial charge on any atom is -0.391 e. The largest absolute Gasteiger partial charge is 0.391 e. The Labute approximate surface area is 209 Å². The van der Waals surface area contributed by atoms with E-state index in [1.165, 1.54) is 18.4 Å². The zero-order chi connectivity index (χ0) is 23.5. The zero-order valence-electron chi connectivity index (χ0n) is 20.4. The molecule has 5 rings (SSSR count). The van der Waals surface area contributed by atoms with Crippen LogP contribution in [-0.2, 0) is 4.74 Å². The maximum Gasteiger partial charge on any atom is 0.117 e. The Morgan fingerprint density at radius 1 is 1.12 bits per heavy atom. The molecule has 1 saturated heterocycles. The molecule has 190 valence electrons. The van der Waals surface area contributed by atoms with Crippen molar-refractivity contribution in [2.24, 2.45) is 17.8 Å². The fourth-order valence-electron chi connectivity index (χ4n) is 6.77. The van der Waals surface area contributed by atoms with Crippen molar-refractivity contribution in [2.75, 3.05) is 13.2 Å². The summed E-state index contributed by atoms with van der Waals surface area (Å²) < 4.78 is 19.9. The topological polar surface area (TPSA) is 57.4 Å². The molecule has 0 aromatic heterocycles. The molecule has 5 nitrogen and oxygen atoms in total. The number of allylic oxidation sites excluding steroid dienone is 3. The third kappa shape index (κ3) is 5.73. The molecular formula is C27H42ClFN4O. The van der Waals surface area contributed by atoms with Crippen LogP contribution in [0.4, 0.5) is 4.39 Å². The Bertz CT molecular complexity index is 776. The first-order valence-corrected chi connectivity index (χ1v) is 14.0. The lowest BCUT2D eigenvalue weighted by atomic mass is 9.71. The quantitative estimate of drug-likeness (QED) is 0.420. The third-order valence-corrected chi connectivity index (χ3v) is 9.08. The molecule has 5 aliphatic rings. The van der Waals surface area contributed by atoms with Crippen LogP contribution in [0.5, 0.6) is 0 Å². The van der Waals surface area contributed by atoms with Gasteiger partial charge >= 0.3 is 0 Å². The lowest BCUT2D eigenvalue weighted by molar-refractivity contribution is 0.0526. The van der Waals surface area contributed by atoms with Crippen LogP contribution in [0.15, 0.2) is 36.1 Å². The number of nitrogens with one attached hydrogen (secondary N) is 4. The molecule has 2 aliphatic heterocycles. The van der Waals surface area contributed by atoms with Gasteiger partial charge in [0.2, 0.25) is 0 Å². The number of ether oxygens (including phenoxy) is 1. The van der Waals surface area contributed by atoms with Crippen LogP contribution in [0.2, 0.25) is 0 Å². The van der Waals surface area contributed by atoms with Crippen molar-refractivity contribution < 1.29 is 9.13 Å². The van der Waals surface area contributed by atoms with E-state index in [-0.39, 0.29) is 29.9 Å². The van der Waals surface area contributed by atoms with Crippen molar-refractivity contribution in [3.05, 3.63) is 36.1 Å². The number of hydrogen-bond acceptors (Lipinski definition) is 5. The van der Waals surface area contributed by atoms with E-state index in [1.807, 2.05) is 0 Å². The fraction of sp³-hybridized carbons (Fsp3) is 0.778. The average molecular weight is 493 g/mol. The molecule has 3 fully saturated rings. The van der Waals surface area contributed by atoms with Crippen molar-refractivity contribution >= 4 is 11.6 Å². The SMILES string of the molecule is CCOC1C=C(C2CCC3NC(C4CC=CNC4)NC(NC4CCC(F)C(Cl)C4)C3C2)C=CC1. The normalized spacial score (nSPS) is 44.7. The summed E-state index contributed by atoms with van der Waals surface area (Å²) in [5, 5.41) is 14.9. The summed E-state index contributed by atoms with van der Waals surface area (Å²) in [6.07, 6.45) is 18.8. The first-order valence-electron chi connectivity index (χ1n) is 13.5. The van der Waals surface area contributed by atoms with Crippen LogP contribution in [0.25, 0.3) is 0 Å².